The third-order valence-corrected chi connectivity index (χ3v) is 4.34. The first-order chi connectivity index (χ1) is 13.6. The highest BCUT2D eigenvalue weighted by molar-refractivity contribution is 5.92. The summed E-state index contributed by atoms with van der Waals surface area (Å²) in [6.45, 7) is 1.04. The number of aromatic nitrogens is 3. The molecule has 0 saturated carbocycles. The molecule has 144 valence electrons. The summed E-state index contributed by atoms with van der Waals surface area (Å²) < 4.78 is 13.7. The van der Waals surface area contributed by atoms with Crippen LogP contribution in [0.25, 0.3) is 0 Å². The Bertz CT molecular complexity index is 919. The van der Waals surface area contributed by atoms with E-state index in [1.807, 2.05) is 12.1 Å². The molecule has 6 nitrogen and oxygen atoms in total. The van der Waals surface area contributed by atoms with Gasteiger partial charge >= 0.3 is 0 Å². The summed E-state index contributed by atoms with van der Waals surface area (Å²) in [5.74, 6) is -0.0525. The summed E-state index contributed by atoms with van der Waals surface area (Å²) in [6.07, 6.45) is 6.26. The Labute approximate surface area is 163 Å². The second kappa shape index (κ2) is 9.55. The minimum Gasteiger partial charge on any atom is -0.354 e. The summed E-state index contributed by atoms with van der Waals surface area (Å²) in [5, 5.41) is 3.05. The molecule has 0 radical (unpaired) electrons. The Hall–Kier alpha value is -3.35. The Kier molecular flexibility index (Phi) is 6.62. The number of carbonyl (C=O) groups is 1. The van der Waals surface area contributed by atoms with E-state index in [9.17, 15) is 9.18 Å². The van der Waals surface area contributed by atoms with Gasteiger partial charge in [-0.1, -0.05) is 18.2 Å². The molecule has 0 saturated heterocycles. The van der Waals surface area contributed by atoms with Crippen LogP contribution >= 0.6 is 0 Å². The van der Waals surface area contributed by atoms with Crippen molar-refractivity contribution in [1.29, 1.82) is 0 Å². The summed E-state index contributed by atoms with van der Waals surface area (Å²) in [5.41, 5.74) is 2.06. The molecule has 3 rings (SSSR count). The fourth-order valence-corrected chi connectivity index (χ4v) is 2.72. The van der Waals surface area contributed by atoms with Crippen LogP contribution < -0.4 is 5.32 Å². The van der Waals surface area contributed by atoms with Gasteiger partial charge in [0.15, 0.2) is 0 Å². The normalized spacial score (nSPS) is 10.5. The fourth-order valence-electron chi connectivity index (χ4n) is 2.72. The van der Waals surface area contributed by atoms with Gasteiger partial charge in [0.2, 0.25) is 5.95 Å². The fraction of sp³-hybridized carbons (Fsp3) is 0.238. The molecule has 0 atom stereocenters. The van der Waals surface area contributed by atoms with Crippen molar-refractivity contribution in [3.05, 3.63) is 83.7 Å². The van der Waals surface area contributed by atoms with Gasteiger partial charge in [-0.2, -0.15) is 0 Å². The van der Waals surface area contributed by atoms with Crippen molar-refractivity contribution >= 4 is 11.9 Å². The molecule has 0 unspecified atom stereocenters. The number of carbonyl (C=O) groups excluding carboxylic acids is 1. The van der Waals surface area contributed by atoms with Crippen LogP contribution in [0.1, 0.15) is 21.6 Å². The van der Waals surface area contributed by atoms with Crippen molar-refractivity contribution < 1.29 is 9.18 Å². The van der Waals surface area contributed by atoms with Crippen molar-refractivity contribution in [2.75, 3.05) is 25.5 Å². The molecule has 0 bridgehead atoms. The average Bonchev–Trinajstić information content (AvgIpc) is 2.74. The highest BCUT2D eigenvalue weighted by Gasteiger charge is 2.14. The lowest BCUT2D eigenvalue weighted by Gasteiger charge is -2.17. The lowest BCUT2D eigenvalue weighted by Crippen LogP contribution is -2.29. The molecule has 0 fully saturated rings. The van der Waals surface area contributed by atoms with Crippen molar-refractivity contribution in [2.24, 2.45) is 0 Å². The van der Waals surface area contributed by atoms with E-state index in [1.165, 1.54) is 6.07 Å². The lowest BCUT2D eigenvalue weighted by molar-refractivity contribution is 0.0791. The Morgan fingerprint density at radius 1 is 1.07 bits per heavy atom. The van der Waals surface area contributed by atoms with Gasteiger partial charge in [0.1, 0.15) is 11.5 Å². The first-order valence-corrected chi connectivity index (χ1v) is 9.08. The van der Waals surface area contributed by atoms with Crippen molar-refractivity contribution in [1.82, 2.24) is 19.9 Å². The molecule has 2 heterocycles. The lowest BCUT2D eigenvalue weighted by atomic mass is 10.1. The number of hydrogen-bond acceptors (Lipinski definition) is 5. The monoisotopic (exact) mass is 379 g/mol. The van der Waals surface area contributed by atoms with Gasteiger partial charge in [-0.3, -0.25) is 9.78 Å². The molecule has 1 amide bonds. The number of nitrogens with one attached hydrogen (secondary N) is 1. The van der Waals surface area contributed by atoms with Gasteiger partial charge in [-0.05, 0) is 48.2 Å². The molecule has 0 aliphatic rings. The minimum atomic E-state index is -0.232. The van der Waals surface area contributed by atoms with Gasteiger partial charge in [-0.15, -0.1) is 0 Å². The highest BCUT2D eigenvalue weighted by atomic mass is 19.1. The van der Waals surface area contributed by atoms with Crippen LogP contribution in [-0.2, 0) is 12.8 Å². The molecule has 1 aromatic carbocycles. The van der Waals surface area contributed by atoms with Gasteiger partial charge in [0.05, 0.1) is 0 Å². The van der Waals surface area contributed by atoms with Crippen molar-refractivity contribution in [3.63, 3.8) is 0 Å². The third kappa shape index (κ3) is 5.33. The molecule has 1 N–H and O–H groups in total. The average molecular weight is 379 g/mol. The van der Waals surface area contributed by atoms with Crippen LogP contribution in [0, 0.1) is 5.82 Å². The van der Waals surface area contributed by atoms with E-state index < -0.39 is 0 Å². The van der Waals surface area contributed by atoms with Crippen LogP contribution in [0.15, 0.2) is 61.1 Å². The van der Waals surface area contributed by atoms with Crippen molar-refractivity contribution in [3.8, 4) is 0 Å². The number of nitrogens with zero attached hydrogens (tertiary/aromatic N) is 4. The van der Waals surface area contributed by atoms with Crippen LogP contribution in [0.4, 0.5) is 10.3 Å². The largest absolute Gasteiger partial charge is 0.354 e. The molecule has 28 heavy (non-hydrogen) atoms. The predicted molar refractivity (Wildman–Crippen MR) is 106 cm³/mol. The second-order valence-corrected chi connectivity index (χ2v) is 6.37. The zero-order valence-corrected chi connectivity index (χ0v) is 15.7. The van der Waals surface area contributed by atoms with E-state index in [1.54, 1.807) is 54.8 Å². The second-order valence-electron chi connectivity index (χ2n) is 6.37. The van der Waals surface area contributed by atoms with Crippen LogP contribution in [0.3, 0.4) is 0 Å². The first kappa shape index (κ1) is 19.4. The Morgan fingerprint density at radius 2 is 1.86 bits per heavy atom. The predicted octanol–water partition coefficient (Wildman–Crippen LogP) is 2.98. The molecule has 0 spiro atoms. The van der Waals surface area contributed by atoms with Gasteiger partial charge in [0, 0.05) is 38.7 Å². The minimum absolute atomic E-state index is 0.173. The maximum Gasteiger partial charge on any atom is 0.272 e. The summed E-state index contributed by atoms with van der Waals surface area (Å²) in [6, 6.07) is 12.1. The molecule has 0 aliphatic heterocycles. The van der Waals surface area contributed by atoms with E-state index in [4.69, 9.17) is 0 Å². The smallest absolute Gasteiger partial charge is 0.272 e. The molecule has 0 aliphatic carbocycles. The molecule has 3 aromatic rings. The van der Waals surface area contributed by atoms with Crippen LogP contribution in [-0.4, -0.2) is 45.9 Å². The third-order valence-electron chi connectivity index (χ3n) is 4.34. The van der Waals surface area contributed by atoms with Crippen LogP contribution in [0.2, 0.25) is 0 Å². The number of likely N-dealkylation sites (N-methyl/N-ethyl adjacent to an activating group) is 1. The standard InChI is InChI=1S/C21H22FN5O/c1-27(15-10-16-6-11-23-12-7-16)20(28)19-9-14-25-21(26-19)24-13-8-17-4-2-3-5-18(17)22/h2-7,9,11-12,14H,8,10,13,15H2,1H3,(H,24,25,26). The SMILES string of the molecule is CN(CCc1ccncc1)C(=O)c1ccnc(NCCc2ccccc2F)n1. The number of anilines is 1. The highest BCUT2D eigenvalue weighted by Crippen LogP contribution is 2.09. The van der Waals surface area contributed by atoms with Crippen molar-refractivity contribution in [2.45, 2.75) is 12.8 Å². The van der Waals surface area contributed by atoms with Gasteiger partial charge in [0.25, 0.3) is 5.91 Å². The quantitative estimate of drug-likeness (QED) is 0.652. The zero-order chi connectivity index (χ0) is 19.8. The Balaban J connectivity index is 1.54. The van der Waals surface area contributed by atoms with Gasteiger partial charge in [-0.25, -0.2) is 14.4 Å². The zero-order valence-electron chi connectivity index (χ0n) is 15.7. The first-order valence-electron chi connectivity index (χ1n) is 9.08. The number of pyridine rings is 1. The van der Waals surface area contributed by atoms with Gasteiger partial charge < -0.3 is 10.2 Å². The number of benzene rings is 1. The molecule has 7 heteroatoms. The maximum atomic E-state index is 13.7. The summed E-state index contributed by atoms with van der Waals surface area (Å²) >= 11 is 0. The summed E-state index contributed by atoms with van der Waals surface area (Å²) in [7, 11) is 1.75. The number of rotatable bonds is 8. The van der Waals surface area contributed by atoms with E-state index in [0.717, 1.165) is 12.0 Å². The Morgan fingerprint density at radius 3 is 2.64 bits per heavy atom. The molecular formula is C21H22FN5O. The molecular weight excluding hydrogens is 357 g/mol. The number of amides is 1. The van der Waals surface area contributed by atoms with E-state index >= 15 is 0 Å². The van der Waals surface area contributed by atoms with Crippen LogP contribution in [0.5, 0.6) is 0 Å². The summed E-state index contributed by atoms with van der Waals surface area (Å²) in [4.78, 5) is 26.6. The number of halogens is 1. The molecule has 2 aromatic heterocycles. The topological polar surface area (TPSA) is 71.0 Å². The van der Waals surface area contributed by atoms with E-state index in [-0.39, 0.29) is 11.7 Å². The van der Waals surface area contributed by atoms with E-state index in [0.29, 0.717) is 36.7 Å². The maximum absolute atomic E-state index is 13.7. The number of hydrogen-bond donors (Lipinski definition) is 1. The van der Waals surface area contributed by atoms with E-state index in [2.05, 4.69) is 20.3 Å².